The third kappa shape index (κ3) is 1.81. The molecule has 0 aromatic rings. The Bertz CT molecular complexity index is 259. The molecule has 0 saturated carbocycles. The molecule has 13 heavy (non-hydrogen) atoms. The van der Waals surface area contributed by atoms with Gasteiger partial charge in [-0.2, -0.15) is 0 Å². The maximum absolute atomic E-state index is 6.08. The van der Waals surface area contributed by atoms with Gasteiger partial charge in [-0.3, -0.25) is 0 Å². The number of hydrogen-bond acceptors (Lipinski definition) is 5. The molecule has 0 aliphatic carbocycles. The van der Waals surface area contributed by atoms with Crippen LogP contribution in [0.4, 0.5) is 0 Å². The Morgan fingerprint density at radius 2 is 2.23 bits per heavy atom. The van der Waals surface area contributed by atoms with Crippen molar-refractivity contribution < 1.29 is 0 Å². The molecule has 0 bridgehead atoms. The molecule has 0 amide bonds. The molecule has 1 aliphatic rings. The SMILES string of the molecule is CSC1=NC(N)(C(C)C)C(N)=CN1. The van der Waals surface area contributed by atoms with Crippen LogP contribution in [0.2, 0.25) is 0 Å². The van der Waals surface area contributed by atoms with E-state index in [1.807, 2.05) is 20.1 Å². The minimum Gasteiger partial charge on any atom is -0.398 e. The third-order valence-electron chi connectivity index (χ3n) is 2.17. The van der Waals surface area contributed by atoms with Gasteiger partial charge in [0.1, 0.15) is 0 Å². The quantitative estimate of drug-likeness (QED) is 0.573. The molecule has 1 unspecified atom stereocenters. The van der Waals surface area contributed by atoms with Crippen LogP contribution < -0.4 is 16.8 Å². The van der Waals surface area contributed by atoms with Gasteiger partial charge in [0.25, 0.3) is 0 Å². The van der Waals surface area contributed by atoms with Crippen LogP contribution in [-0.2, 0) is 0 Å². The normalized spacial score (nSPS) is 28.1. The van der Waals surface area contributed by atoms with E-state index in [1.54, 1.807) is 6.20 Å². The van der Waals surface area contributed by atoms with E-state index in [-0.39, 0.29) is 5.92 Å². The second-order valence-electron chi connectivity index (χ2n) is 3.35. The lowest BCUT2D eigenvalue weighted by Crippen LogP contribution is -2.51. The number of nitrogens with two attached hydrogens (primary N) is 2. The molecule has 74 valence electrons. The van der Waals surface area contributed by atoms with Gasteiger partial charge in [0, 0.05) is 6.20 Å². The highest BCUT2D eigenvalue weighted by Crippen LogP contribution is 2.24. The molecule has 1 heterocycles. The van der Waals surface area contributed by atoms with E-state index in [0.29, 0.717) is 5.70 Å². The van der Waals surface area contributed by atoms with E-state index in [9.17, 15) is 0 Å². The van der Waals surface area contributed by atoms with Crippen LogP contribution in [-0.4, -0.2) is 17.1 Å². The zero-order chi connectivity index (χ0) is 10.1. The van der Waals surface area contributed by atoms with Crippen molar-refractivity contribution in [1.29, 1.82) is 0 Å². The molecule has 0 aromatic carbocycles. The number of thioether (sulfide) groups is 1. The second-order valence-corrected chi connectivity index (χ2v) is 4.14. The monoisotopic (exact) mass is 200 g/mol. The Kier molecular flexibility index (Phi) is 2.87. The summed E-state index contributed by atoms with van der Waals surface area (Å²) < 4.78 is 0. The molecular weight excluding hydrogens is 184 g/mol. The van der Waals surface area contributed by atoms with Crippen molar-refractivity contribution in [1.82, 2.24) is 5.32 Å². The van der Waals surface area contributed by atoms with E-state index in [0.717, 1.165) is 5.17 Å². The van der Waals surface area contributed by atoms with Crippen molar-refractivity contribution in [2.24, 2.45) is 22.4 Å². The Morgan fingerprint density at radius 3 is 2.69 bits per heavy atom. The van der Waals surface area contributed by atoms with E-state index in [4.69, 9.17) is 11.5 Å². The van der Waals surface area contributed by atoms with Crippen LogP contribution in [0.25, 0.3) is 0 Å². The Labute approximate surface area is 82.8 Å². The minimum absolute atomic E-state index is 0.188. The van der Waals surface area contributed by atoms with Gasteiger partial charge < -0.3 is 16.8 Å². The van der Waals surface area contributed by atoms with Gasteiger partial charge in [0.05, 0.1) is 5.70 Å². The average molecular weight is 200 g/mol. The summed E-state index contributed by atoms with van der Waals surface area (Å²) in [6, 6.07) is 0. The van der Waals surface area contributed by atoms with Gasteiger partial charge in [0.15, 0.2) is 10.8 Å². The third-order valence-corrected chi connectivity index (χ3v) is 2.77. The Balaban J connectivity index is 2.98. The highest BCUT2D eigenvalue weighted by Gasteiger charge is 2.34. The van der Waals surface area contributed by atoms with Crippen molar-refractivity contribution in [3.63, 3.8) is 0 Å². The van der Waals surface area contributed by atoms with E-state index in [2.05, 4.69) is 10.3 Å². The van der Waals surface area contributed by atoms with Crippen LogP contribution in [0.3, 0.4) is 0 Å². The number of nitrogens with zero attached hydrogens (tertiary/aromatic N) is 1. The minimum atomic E-state index is -0.746. The molecule has 1 rings (SSSR count). The maximum atomic E-state index is 6.08. The molecule has 5 N–H and O–H groups in total. The lowest BCUT2D eigenvalue weighted by Gasteiger charge is -2.33. The summed E-state index contributed by atoms with van der Waals surface area (Å²) in [6.07, 6.45) is 3.67. The fourth-order valence-corrected chi connectivity index (χ4v) is 1.51. The highest BCUT2D eigenvalue weighted by atomic mass is 32.2. The lowest BCUT2D eigenvalue weighted by molar-refractivity contribution is 0.371. The van der Waals surface area contributed by atoms with Crippen molar-refractivity contribution in [3.8, 4) is 0 Å². The largest absolute Gasteiger partial charge is 0.398 e. The summed E-state index contributed by atoms with van der Waals surface area (Å²) >= 11 is 1.53. The summed E-state index contributed by atoms with van der Waals surface area (Å²) in [6.45, 7) is 4.01. The van der Waals surface area contributed by atoms with Gasteiger partial charge in [0.2, 0.25) is 0 Å². The lowest BCUT2D eigenvalue weighted by atomic mass is 9.94. The first kappa shape index (κ1) is 10.4. The zero-order valence-electron chi connectivity index (χ0n) is 8.16. The first-order chi connectivity index (χ1) is 6.00. The topological polar surface area (TPSA) is 76.4 Å². The molecule has 0 aromatic heterocycles. The molecule has 0 saturated heterocycles. The van der Waals surface area contributed by atoms with Gasteiger partial charge >= 0.3 is 0 Å². The fraction of sp³-hybridized carbons (Fsp3) is 0.625. The molecular formula is C8H16N4S. The number of hydrogen-bond donors (Lipinski definition) is 3. The fourth-order valence-electron chi connectivity index (χ4n) is 1.09. The first-order valence-corrected chi connectivity index (χ1v) is 5.38. The van der Waals surface area contributed by atoms with Gasteiger partial charge in [-0.05, 0) is 12.2 Å². The van der Waals surface area contributed by atoms with Crippen LogP contribution in [0.15, 0.2) is 16.9 Å². The van der Waals surface area contributed by atoms with Crippen LogP contribution in [0.1, 0.15) is 13.8 Å². The summed E-state index contributed by atoms with van der Waals surface area (Å²) in [5.74, 6) is 0.188. The van der Waals surface area contributed by atoms with Crippen molar-refractivity contribution in [3.05, 3.63) is 11.9 Å². The molecule has 0 spiro atoms. The van der Waals surface area contributed by atoms with Crippen LogP contribution in [0.5, 0.6) is 0 Å². The molecule has 5 heteroatoms. The van der Waals surface area contributed by atoms with E-state index in [1.165, 1.54) is 11.8 Å². The van der Waals surface area contributed by atoms with Crippen molar-refractivity contribution >= 4 is 16.9 Å². The van der Waals surface area contributed by atoms with Gasteiger partial charge in [-0.15, -0.1) is 0 Å². The second kappa shape index (κ2) is 3.59. The number of amidine groups is 1. The van der Waals surface area contributed by atoms with Crippen LogP contribution in [0, 0.1) is 5.92 Å². The summed E-state index contributed by atoms with van der Waals surface area (Å²) in [5.41, 5.74) is 11.7. The predicted octanol–water partition coefficient (Wildman–Crippen LogP) is 0.420. The molecule has 1 aliphatic heterocycles. The van der Waals surface area contributed by atoms with Crippen molar-refractivity contribution in [2.45, 2.75) is 19.5 Å². The molecule has 1 atom stereocenters. The number of rotatable bonds is 1. The standard InChI is InChI=1S/C8H16N4S/c1-5(2)8(10)6(9)4-11-7(12-8)13-3/h4-5H,9-10H2,1-3H3,(H,11,12). The highest BCUT2D eigenvalue weighted by molar-refractivity contribution is 8.13. The zero-order valence-corrected chi connectivity index (χ0v) is 8.98. The summed E-state index contributed by atoms with van der Waals surface area (Å²) in [5, 5.41) is 3.79. The smallest absolute Gasteiger partial charge is 0.162 e. The first-order valence-electron chi connectivity index (χ1n) is 4.16. The molecule has 4 nitrogen and oxygen atoms in total. The molecule has 0 fully saturated rings. The van der Waals surface area contributed by atoms with E-state index < -0.39 is 5.66 Å². The average Bonchev–Trinajstić information content (AvgIpc) is 2.09. The van der Waals surface area contributed by atoms with Crippen molar-refractivity contribution in [2.75, 3.05) is 6.26 Å². The maximum Gasteiger partial charge on any atom is 0.162 e. The van der Waals surface area contributed by atoms with Gasteiger partial charge in [-0.25, -0.2) is 4.99 Å². The Hall–Kier alpha value is -0.680. The summed E-state index contributed by atoms with van der Waals surface area (Å²) in [4.78, 5) is 4.37. The van der Waals surface area contributed by atoms with Crippen LogP contribution >= 0.6 is 11.8 Å². The predicted molar refractivity (Wildman–Crippen MR) is 58.1 cm³/mol. The summed E-state index contributed by atoms with van der Waals surface area (Å²) in [7, 11) is 0. The number of nitrogens with one attached hydrogen (secondary N) is 1. The van der Waals surface area contributed by atoms with E-state index >= 15 is 0 Å². The Morgan fingerprint density at radius 1 is 1.62 bits per heavy atom. The number of aliphatic imine (C=N–C) groups is 1. The molecule has 0 radical (unpaired) electrons. The van der Waals surface area contributed by atoms with Gasteiger partial charge in [-0.1, -0.05) is 25.6 Å².